The maximum atomic E-state index is 7.64. The van der Waals surface area contributed by atoms with E-state index in [-0.39, 0.29) is 20.1 Å². The summed E-state index contributed by atoms with van der Waals surface area (Å²) in [5.41, 5.74) is 23.8. The van der Waals surface area contributed by atoms with Crippen LogP contribution in [0.25, 0.3) is 49.7 Å². The molecule has 1 aromatic heterocycles. The van der Waals surface area contributed by atoms with Crippen LogP contribution in [0.1, 0.15) is 0 Å². The predicted octanol–water partition coefficient (Wildman–Crippen LogP) is 13.7. The minimum Gasteiger partial charge on any atom is -0.459 e. The highest BCUT2D eigenvalue weighted by Gasteiger charge is 2.52. The summed E-state index contributed by atoms with van der Waals surface area (Å²) in [6, 6.07) is 101. The first-order valence-electron chi connectivity index (χ1n) is 30.2. The molecule has 0 saturated carbocycles. The second-order valence-corrected chi connectivity index (χ2v) is 23.8. The van der Waals surface area contributed by atoms with E-state index >= 15 is 0 Å². The Hall–Kier alpha value is -11.3. The van der Waals surface area contributed by atoms with Gasteiger partial charge in [0.2, 0.25) is 0 Å². The fourth-order valence-electron chi connectivity index (χ4n) is 15.5. The number of anilines is 6. The summed E-state index contributed by atoms with van der Waals surface area (Å²) >= 11 is 0. The molecule has 10 heteroatoms. The van der Waals surface area contributed by atoms with Crippen molar-refractivity contribution in [3.05, 3.63) is 279 Å². The van der Waals surface area contributed by atoms with Crippen LogP contribution in [0.15, 0.2) is 279 Å². The molecule has 0 spiro atoms. The van der Waals surface area contributed by atoms with E-state index in [1.54, 1.807) is 0 Å². The number of hydrogen-bond acceptors (Lipinski definition) is 6. The zero-order valence-corrected chi connectivity index (χ0v) is 47.3. The molecule has 7 heterocycles. The lowest BCUT2D eigenvalue weighted by Gasteiger charge is -2.46. The first-order valence-corrected chi connectivity index (χ1v) is 30.2. The number of hydrogen-bond donors (Lipinski definition) is 0. The molecule has 0 bridgehead atoms. The topological polar surface area (TPSA) is 48.3 Å². The average Bonchev–Trinajstić information content (AvgIpc) is 0.936. The van der Waals surface area contributed by atoms with Gasteiger partial charge >= 0.3 is 0 Å². The van der Waals surface area contributed by atoms with Crippen molar-refractivity contribution in [1.29, 1.82) is 0 Å². The number of rotatable bonds is 5. The molecule has 20 rings (SSSR count). The zero-order chi connectivity index (χ0) is 57.3. The molecule has 13 aromatic carbocycles. The van der Waals surface area contributed by atoms with Gasteiger partial charge in [-0.25, -0.2) is 0 Å². The van der Waals surface area contributed by atoms with Gasteiger partial charge in [0.1, 0.15) is 46.0 Å². The molecule has 0 saturated heterocycles. The number of benzene rings is 13. The van der Waals surface area contributed by atoms with Gasteiger partial charge in [0.15, 0.2) is 0 Å². The molecule has 88 heavy (non-hydrogen) atoms. The lowest BCUT2D eigenvalue weighted by atomic mass is 9.29. The van der Waals surface area contributed by atoms with E-state index in [2.05, 4.69) is 287 Å². The number of para-hydroxylation sites is 5. The molecule has 406 valence electrons. The summed E-state index contributed by atoms with van der Waals surface area (Å²) in [5.74, 6) is 6.53. The van der Waals surface area contributed by atoms with E-state index in [1.165, 1.54) is 10.8 Å². The Kier molecular flexibility index (Phi) is 9.86. The highest BCUT2D eigenvalue weighted by Crippen LogP contribution is 2.51. The highest BCUT2D eigenvalue weighted by molar-refractivity contribution is 7.04. The normalized spacial score (nSPS) is 13.7. The van der Waals surface area contributed by atoms with Gasteiger partial charge < -0.3 is 33.3 Å². The van der Waals surface area contributed by atoms with Crippen molar-refractivity contribution in [3.8, 4) is 73.9 Å². The van der Waals surface area contributed by atoms with Crippen LogP contribution in [0.3, 0.4) is 0 Å². The van der Waals surface area contributed by atoms with Crippen molar-refractivity contribution in [2.45, 2.75) is 0 Å². The second kappa shape index (κ2) is 18.1. The number of nitrogens with zero attached hydrogens (tertiary/aromatic N) is 3. The van der Waals surface area contributed by atoms with Gasteiger partial charge in [-0.2, -0.15) is 0 Å². The Morgan fingerprint density at radius 2 is 0.682 bits per heavy atom. The van der Waals surface area contributed by atoms with Crippen molar-refractivity contribution >= 4 is 125 Å². The van der Waals surface area contributed by atoms with Crippen LogP contribution >= 0.6 is 0 Å². The maximum Gasteiger partial charge on any atom is 0.260 e. The van der Waals surface area contributed by atoms with E-state index in [0.717, 1.165) is 168 Å². The number of aromatic nitrogens is 1. The Bertz CT molecular complexity index is 5210. The fraction of sp³-hybridized carbons (Fsp3) is 0. The molecule has 0 aliphatic carbocycles. The summed E-state index contributed by atoms with van der Waals surface area (Å²) in [5, 5.41) is 2.34. The quantitative estimate of drug-likeness (QED) is 0.160. The van der Waals surface area contributed by atoms with E-state index in [4.69, 9.17) is 18.9 Å². The fourth-order valence-corrected chi connectivity index (χ4v) is 15.5. The highest BCUT2D eigenvalue weighted by atomic mass is 16.5. The summed E-state index contributed by atoms with van der Waals surface area (Å²) in [4.78, 5) is 4.98. The molecular weight excluding hydrogens is 1080 g/mol. The molecule has 0 radical (unpaired) electrons. The van der Waals surface area contributed by atoms with Gasteiger partial charge in [-0.1, -0.05) is 188 Å². The summed E-state index contributed by atoms with van der Waals surface area (Å²) in [7, 11) is 0. The van der Waals surface area contributed by atoms with Crippen molar-refractivity contribution in [1.82, 2.24) is 4.57 Å². The van der Waals surface area contributed by atoms with Gasteiger partial charge in [0, 0.05) is 68.0 Å². The minimum atomic E-state index is -0.378. The molecule has 0 fully saturated rings. The summed E-state index contributed by atoms with van der Waals surface area (Å²) < 4.78 is 31.4. The Morgan fingerprint density at radius 1 is 0.239 bits per heavy atom. The third-order valence-electron chi connectivity index (χ3n) is 19.2. The molecule has 0 amide bonds. The van der Waals surface area contributed by atoms with E-state index in [0.29, 0.717) is 0 Å². The van der Waals surface area contributed by atoms with Crippen molar-refractivity contribution in [2.24, 2.45) is 0 Å². The van der Waals surface area contributed by atoms with Gasteiger partial charge in [-0.15, -0.1) is 0 Å². The monoisotopic (exact) mass is 1120 g/mol. The lowest BCUT2D eigenvalue weighted by Crippen LogP contribution is -2.66. The number of fused-ring (bicyclic) bond motifs is 16. The molecule has 0 atom stereocenters. The van der Waals surface area contributed by atoms with Crippen LogP contribution in [0.2, 0.25) is 0 Å². The number of ether oxygens (including phenoxy) is 4. The maximum absolute atomic E-state index is 7.64. The van der Waals surface area contributed by atoms with Crippen LogP contribution in [-0.4, -0.2) is 24.7 Å². The average molecular weight is 1120 g/mol. The molecule has 14 aromatic rings. The molecule has 0 N–H and O–H groups in total. The first-order chi connectivity index (χ1) is 43.6. The summed E-state index contributed by atoms with van der Waals surface area (Å²) in [6.45, 7) is -0.694. The molecule has 6 aliphatic heterocycles. The van der Waals surface area contributed by atoms with Crippen LogP contribution < -0.4 is 77.9 Å². The van der Waals surface area contributed by atoms with Crippen LogP contribution in [-0.2, 0) is 0 Å². The Balaban J connectivity index is 0.940. The van der Waals surface area contributed by atoms with Gasteiger partial charge in [0.25, 0.3) is 20.1 Å². The Morgan fingerprint density at radius 3 is 1.25 bits per heavy atom. The first kappa shape index (κ1) is 48.0. The third kappa shape index (κ3) is 6.71. The minimum absolute atomic E-state index is 0.148. The van der Waals surface area contributed by atoms with E-state index in [1.807, 2.05) is 6.07 Å². The summed E-state index contributed by atoms with van der Waals surface area (Å²) in [6.07, 6.45) is 0. The van der Waals surface area contributed by atoms with Crippen molar-refractivity contribution in [2.75, 3.05) is 9.80 Å². The van der Waals surface area contributed by atoms with Crippen LogP contribution in [0.4, 0.5) is 34.1 Å². The zero-order valence-electron chi connectivity index (χ0n) is 47.3. The van der Waals surface area contributed by atoms with Crippen molar-refractivity contribution < 1.29 is 18.9 Å². The van der Waals surface area contributed by atoms with Crippen LogP contribution in [0.5, 0.6) is 46.0 Å². The largest absolute Gasteiger partial charge is 0.459 e. The lowest BCUT2D eigenvalue weighted by molar-refractivity contribution is 0.464. The second-order valence-electron chi connectivity index (χ2n) is 23.8. The van der Waals surface area contributed by atoms with E-state index in [9.17, 15) is 0 Å². The van der Waals surface area contributed by atoms with Gasteiger partial charge in [0.05, 0.1) is 16.7 Å². The standard InChI is InChI=1S/C78H46B3N3O4/c1-5-20-47(21-6-1)49-36-38-54-55-39-37-50(48-22-7-2-8-23-48)41-62(55)84(61(54)40-49)53-42-64-74-65(43-53)83(52-26-11-4-12-27-52)66-46-73-77-78(88-69-33-18-15-30-58(69)79(77)56-28-13-17-32-68(56)86-73)75(66)81(74)59-44-60-72(45-63(59)82(64)51-24-9-3-10-25-51)87-71-35-19-34-70-76(71)80(60)57-29-14-16-31-67(57)85-70/h1-46H. The Labute approximate surface area is 508 Å². The van der Waals surface area contributed by atoms with Gasteiger partial charge in [-0.3, -0.25) is 0 Å². The predicted molar refractivity (Wildman–Crippen MR) is 361 cm³/mol. The third-order valence-corrected chi connectivity index (χ3v) is 19.2. The molecule has 6 aliphatic rings. The SMILES string of the molecule is c1ccc(-c2ccc3c4ccc(-c5ccccc5)cc4n(-c4cc5c6c(c4)N(c4ccccc4)c4cc7c8c(c4B6c4cc6c(cc4N5c4ccccc4)Oc4cccc5c4B6c4ccccc4O5)Oc4ccccc4B8c4ccccc4O7)c3c2)cc1. The van der Waals surface area contributed by atoms with Crippen LogP contribution in [0, 0.1) is 0 Å². The molecule has 0 unspecified atom stereocenters. The van der Waals surface area contributed by atoms with Crippen molar-refractivity contribution in [3.63, 3.8) is 0 Å². The van der Waals surface area contributed by atoms with Gasteiger partial charge in [-0.05, 0) is 139 Å². The molecular formula is C78H46B3N3O4. The smallest absolute Gasteiger partial charge is 0.260 e. The molecule has 7 nitrogen and oxygen atoms in total. The van der Waals surface area contributed by atoms with E-state index < -0.39 is 0 Å².